The molecule has 0 saturated heterocycles. The number of benzene rings is 1. The molecule has 17 heavy (non-hydrogen) atoms. The Morgan fingerprint density at radius 1 is 1.35 bits per heavy atom. The Bertz CT molecular complexity index is 424. The van der Waals surface area contributed by atoms with Gasteiger partial charge in [-0.1, -0.05) is 30.3 Å². The van der Waals surface area contributed by atoms with Crippen molar-refractivity contribution in [3.05, 3.63) is 41.6 Å². The van der Waals surface area contributed by atoms with Crippen LogP contribution in [0.25, 0.3) is 5.57 Å². The van der Waals surface area contributed by atoms with Crippen LogP contribution in [0.15, 0.2) is 36.0 Å². The summed E-state index contributed by atoms with van der Waals surface area (Å²) in [5.74, 6) is -0.527. The van der Waals surface area contributed by atoms with Gasteiger partial charge >= 0.3 is 5.97 Å². The lowest BCUT2D eigenvalue weighted by Gasteiger charge is -2.10. The van der Waals surface area contributed by atoms with Crippen LogP contribution < -0.4 is 5.32 Å². The molecule has 1 amide bonds. The lowest BCUT2D eigenvalue weighted by Crippen LogP contribution is -2.22. The van der Waals surface area contributed by atoms with Gasteiger partial charge in [0.25, 0.3) is 0 Å². The molecular weight excluding hydrogens is 218 g/mol. The van der Waals surface area contributed by atoms with E-state index in [4.69, 9.17) is 4.74 Å². The third-order valence-corrected chi connectivity index (χ3v) is 2.26. The molecular formula is C13H15NO3. The molecule has 0 bridgehead atoms. The molecule has 0 aliphatic rings. The Balaban J connectivity index is 3.10. The summed E-state index contributed by atoms with van der Waals surface area (Å²) in [6.07, 6.45) is 0.471. The first-order valence-corrected chi connectivity index (χ1v) is 5.34. The number of rotatable bonds is 5. The molecule has 0 spiro atoms. The number of allylic oxidation sites excluding steroid dienone is 1. The van der Waals surface area contributed by atoms with Gasteiger partial charge in [-0.15, -0.1) is 0 Å². The summed E-state index contributed by atoms with van der Waals surface area (Å²) in [5, 5.41) is 2.39. The highest BCUT2D eigenvalue weighted by Gasteiger charge is 2.14. The molecule has 0 saturated carbocycles. The number of amides is 1. The average molecular weight is 233 g/mol. The molecule has 0 fully saturated rings. The molecule has 0 radical (unpaired) electrons. The fourth-order valence-electron chi connectivity index (χ4n) is 1.41. The number of nitrogens with one attached hydrogen (secondary N) is 1. The smallest absolute Gasteiger partial charge is 0.355 e. The molecule has 90 valence electrons. The van der Waals surface area contributed by atoms with Gasteiger partial charge in [0.05, 0.1) is 6.61 Å². The molecule has 0 aliphatic carbocycles. The third kappa shape index (κ3) is 3.45. The minimum absolute atomic E-state index is 0.174. The second-order valence-corrected chi connectivity index (χ2v) is 3.35. The van der Waals surface area contributed by atoms with Gasteiger partial charge in [0, 0.05) is 0 Å². The fourth-order valence-corrected chi connectivity index (χ4v) is 1.41. The minimum atomic E-state index is -0.527. The van der Waals surface area contributed by atoms with Crippen LogP contribution in [-0.4, -0.2) is 19.0 Å². The number of hydrogen-bond donors (Lipinski definition) is 1. The van der Waals surface area contributed by atoms with Crippen molar-refractivity contribution in [2.45, 2.75) is 13.8 Å². The number of esters is 1. The van der Waals surface area contributed by atoms with Gasteiger partial charge in [-0.3, -0.25) is 4.79 Å². The Morgan fingerprint density at radius 2 is 2.00 bits per heavy atom. The van der Waals surface area contributed by atoms with Crippen LogP contribution in [0.3, 0.4) is 0 Å². The van der Waals surface area contributed by atoms with Gasteiger partial charge in [-0.05, 0) is 25.0 Å². The SMILES string of the molecule is CCOC(=O)/C(NC=O)=C(\C)c1ccccc1. The van der Waals surface area contributed by atoms with E-state index < -0.39 is 5.97 Å². The van der Waals surface area contributed by atoms with E-state index in [1.807, 2.05) is 30.3 Å². The predicted octanol–water partition coefficient (Wildman–Crippen LogP) is 1.73. The standard InChI is InChI=1S/C13H15NO3/c1-3-17-13(16)12(14-9-15)10(2)11-7-5-4-6-8-11/h4-9H,3H2,1-2H3,(H,14,15)/b12-10-. The van der Waals surface area contributed by atoms with Gasteiger partial charge in [0.1, 0.15) is 5.70 Å². The van der Waals surface area contributed by atoms with E-state index in [0.717, 1.165) is 5.56 Å². The summed E-state index contributed by atoms with van der Waals surface area (Å²) in [7, 11) is 0. The summed E-state index contributed by atoms with van der Waals surface area (Å²) in [5.41, 5.74) is 1.72. The van der Waals surface area contributed by atoms with Crippen LogP contribution >= 0.6 is 0 Å². The van der Waals surface area contributed by atoms with Gasteiger partial charge in [-0.25, -0.2) is 4.79 Å². The second-order valence-electron chi connectivity index (χ2n) is 3.35. The fraction of sp³-hybridized carbons (Fsp3) is 0.231. The zero-order chi connectivity index (χ0) is 12.7. The molecule has 0 heterocycles. The first-order valence-electron chi connectivity index (χ1n) is 5.34. The Hall–Kier alpha value is -2.10. The van der Waals surface area contributed by atoms with Gasteiger partial charge in [0.15, 0.2) is 0 Å². The maximum Gasteiger partial charge on any atom is 0.355 e. The first kappa shape index (κ1) is 13.0. The van der Waals surface area contributed by atoms with Crippen LogP contribution in [0.1, 0.15) is 19.4 Å². The summed E-state index contributed by atoms with van der Waals surface area (Å²) in [6.45, 7) is 3.75. The average Bonchev–Trinajstić information content (AvgIpc) is 2.36. The predicted molar refractivity (Wildman–Crippen MR) is 64.9 cm³/mol. The molecule has 4 nitrogen and oxygen atoms in total. The highest BCUT2D eigenvalue weighted by atomic mass is 16.5. The third-order valence-electron chi connectivity index (χ3n) is 2.26. The molecule has 1 aromatic rings. The molecule has 0 aromatic heterocycles. The maximum atomic E-state index is 11.6. The van der Waals surface area contributed by atoms with Crippen molar-refractivity contribution in [1.82, 2.24) is 5.32 Å². The van der Waals surface area contributed by atoms with Crippen molar-refractivity contribution >= 4 is 18.0 Å². The molecule has 1 rings (SSSR count). The molecule has 0 aliphatic heterocycles. The summed E-state index contributed by atoms with van der Waals surface area (Å²) in [4.78, 5) is 22.2. The quantitative estimate of drug-likeness (QED) is 0.478. The van der Waals surface area contributed by atoms with Crippen molar-refractivity contribution < 1.29 is 14.3 Å². The topological polar surface area (TPSA) is 55.4 Å². The molecule has 0 unspecified atom stereocenters. The van der Waals surface area contributed by atoms with Gasteiger partial charge in [0.2, 0.25) is 6.41 Å². The van der Waals surface area contributed by atoms with Crippen LogP contribution in [0.4, 0.5) is 0 Å². The molecule has 0 atom stereocenters. The number of carbonyl (C=O) groups is 2. The Kier molecular flexibility index (Phi) is 4.94. The lowest BCUT2D eigenvalue weighted by atomic mass is 10.1. The lowest BCUT2D eigenvalue weighted by molar-refractivity contribution is -0.139. The maximum absolute atomic E-state index is 11.6. The van der Waals surface area contributed by atoms with Crippen LogP contribution in [0, 0.1) is 0 Å². The van der Waals surface area contributed by atoms with Crippen molar-refractivity contribution in [1.29, 1.82) is 0 Å². The zero-order valence-electron chi connectivity index (χ0n) is 9.90. The van der Waals surface area contributed by atoms with E-state index in [1.54, 1.807) is 13.8 Å². The summed E-state index contributed by atoms with van der Waals surface area (Å²) >= 11 is 0. The van der Waals surface area contributed by atoms with Crippen LogP contribution in [0.5, 0.6) is 0 Å². The van der Waals surface area contributed by atoms with E-state index >= 15 is 0 Å². The van der Waals surface area contributed by atoms with E-state index in [0.29, 0.717) is 12.0 Å². The van der Waals surface area contributed by atoms with E-state index in [1.165, 1.54) is 0 Å². The van der Waals surface area contributed by atoms with Crippen LogP contribution in [0.2, 0.25) is 0 Å². The number of carbonyl (C=O) groups excluding carboxylic acids is 2. The van der Waals surface area contributed by atoms with Crippen LogP contribution in [-0.2, 0) is 14.3 Å². The first-order chi connectivity index (χ1) is 8.20. The normalized spacial score (nSPS) is 11.4. The highest BCUT2D eigenvalue weighted by Crippen LogP contribution is 2.17. The molecule has 4 heteroatoms. The van der Waals surface area contributed by atoms with E-state index in [9.17, 15) is 9.59 Å². The summed E-state index contributed by atoms with van der Waals surface area (Å²) < 4.78 is 4.88. The monoisotopic (exact) mass is 233 g/mol. The Labute approximate surface area is 100 Å². The molecule has 1 N–H and O–H groups in total. The zero-order valence-corrected chi connectivity index (χ0v) is 9.90. The minimum Gasteiger partial charge on any atom is -0.461 e. The Morgan fingerprint density at radius 3 is 2.53 bits per heavy atom. The molecule has 1 aromatic carbocycles. The van der Waals surface area contributed by atoms with Crippen molar-refractivity contribution in [3.8, 4) is 0 Å². The van der Waals surface area contributed by atoms with Gasteiger partial charge in [-0.2, -0.15) is 0 Å². The summed E-state index contributed by atoms with van der Waals surface area (Å²) in [6, 6.07) is 9.33. The number of hydrogen-bond acceptors (Lipinski definition) is 3. The van der Waals surface area contributed by atoms with Gasteiger partial charge < -0.3 is 10.1 Å². The highest BCUT2D eigenvalue weighted by molar-refractivity contribution is 5.98. The van der Waals surface area contributed by atoms with E-state index in [-0.39, 0.29) is 12.3 Å². The number of ether oxygens (including phenoxy) is 1. The van der Waals surface area contributed by atoms with Crippen molar-refractivity contribution in [3.63, 3.8) is 0 Å². The largest absolute Gasteiger partial charge is 0.461 e. The van der Waals surface area contributed by atoms with Crippen molar-refractivity contribution in [2.75, 3.05) is 6.61 Å². The second kappa shape index (κ2) is 6.48. The van der Waals surface area contributed by atoms with Crippen molar-refractivity contribution in [2.24, 2.45) is 0 Å². The van der Waals surface area contributed by atoms with E-state index in [2.05, 4.69) is 5.32 Å².